The number of hydrogen-bond donors (Lipinski definition) is 1. The van der Waals surface area contributed by atoms with E-state index < -0.39 is 0 Å². The molecule has 2 aromatic rings. The lowest BCUT2D eigenvalue weighted by Crippen LogP contribution is -2.06. The van der Waals surface area contributed by atoms with Crippen LogP contribution in [0.3, 0.4) is 0 Å². The smallest absolute Gasteiger partial charge is 0.0965 e. The third-order valence-electron chi connectivity index (χ3n) is 2.31. The molecule has 0 bridgehead atoms. The van der Waals surface area contributed by atoms with Gasteiger partial charge >= 0.3 is 0 Å². The molecule has 0 saturated heterocycles. The van der Waals surface area contributed by atoms with Crippen LogP contribution in [0.1, 0.15) is 17.4 Å². The van der Waals surface area contributed by atoms with Gasteiger partial charge in [0.25, 0.3) is 0 Å². The van der Waals surface area contributed by atoms with Gasteiger partial charge in [0, 0.05) is 0 Å². The molecule has 1 atom stereocenters. The van der Waals surface area contributed by atoms with E-state index in [1.807, 2.05) is 30.3 Å². The van der Waals surface area contributed by atoms with Crippen molar-refractivity contribution in [2.45, 2.75) is 12.7 Å². The summed E-state index contributed by atoms with van der Waals surface area (Å²) in [6.07, 6.45) is 3.30. The van der Waals surface area contributed by atoms with Crippen LogP contribution in [0.4, 0.5) is 0 Å². The summed E-state index contributed by atoms with van der Waals surface area (Å²) in [6, 6.07) is 9.96. The Morgan fingerprint density at radius 3 is 2.75 bits per heavy atom. The van der Waals surface area contributed by atoms with Crippen LogP contribution in [0.15, 0.2) is 42.9 Å². The Bertz CT molecular complexity index is 402. The zero-order chi connectivity index (χ0) is 11.2. The molecule has 0 fully saturated rings. The maximum Gasteiger partial charge on any atom is 0.0965 e. The van der Waals surface area contributed by atoms with Crippen molar-refractivity contribution in [3.63, 3.8) is 0 Å². The minimum atomic E-state index is -0.0776. The lowest BCUT2D eigenvalue weighted by Gasteiger charge is -2.14. The van der Waals surface area contributed by atoms with Crippen LogP contribution >= 0.6 is 11.6 Å². The van der Waals surface area contributed by atoms with E-state index in [4.69, 9.17) is 16.3 Å². The van der Waals surface area contributed by atoms with Gasteiger partial charge in [0.2, 0.25) is 0 Å². The first-order valence-corrected chi connectivity index (χ1v) is 5.63. The number of hydrogen-bond acceptors (Lipinski definition) is 2. The van der Waals surface area contributed by atoms with Gasteiger partial charge < -0.3 is 9.72 Å². The van der Waals surface area contributed by atoms with Crippen LogP contribution in [-0.4, -0.2) is 15.8 Å². The summed E-state index contributed by atoms with van der Waals surface area (Å²) in [6.45, 7) is 0.492. The average molecular weight is 237 g/mol. The standard InChI is InChI=1S/C12H13ClN2O/c13-6-12(10-4-2-1-3-5-10)16-8-11-7-14-9-15-11/h1-5,7,9,12H,6,8H2,(H,14,15). The molecular weight excluding hydrogens is 224 g/mol. The molecule has 0 amide bonds. The number of imidazole rings is 1. The average Bonchev–Trinajstić information content (AvgIpc) is 2.84. The number of H-pyrrole nitrogens is 1. The lowest BCUT2D eigenvalue weighted by atomic mass is 10.1. The van der Waals surface area contributed by atoms with E-state index in [9.17, 15) is 0 Å². The molecule has 0 aliphatic rings. The number of aromatic nitrogens is 2. The van der Waals surface area contributed by atoms with Gasteiger partial charge in [0.05, 0.1) is 36.8 Å². The van der Waals surface area contributed by atoms with Gasteiger partial charge in [-0.05, 0) is 5.56 Å². The van der Waals surface area contributed by atoms with Crippen molar-refractivity contribution in [3.8, 4) is 0 Å². The van der Waals surface area contributed by atoms with Gasteiger partial charge in [0.1, 0.15) is 0 Å². The summed E-state index contributed by atoms with van der Waals surface area (Å²) in [5.74, 6) is 0.443. The first-order chi connectivity index (χ1) is 7.90. The number of benzene rings is 1. The van der Waals surface area contributed by atoms with Crippen LogP contribution in [0.25, 0.3) is 0 Å². The van der Waals surface area contributed by atoms with E-state index in [0.29, 0.717) is 12.5 Å². The van der Waals surface area contributed by atoms with Crippen molar-refractivity contribution in [2.75, 3.05) is 5.88 Å². The summed E-state index contributed by atoms with van der Waals surface area (Å²) >= 11 is 5.89. The number of halogens is 1. The van der Waals surface area contributed by atoms with Crippen LogP contribution < -0.4 is 0 Å². The lowest BCUT2D eigenvalue weighted by molar-refractivity contribution is 0.0530. The van der Waals surface area contributed by atoms with Crippen molar-refractivity contribution in [3.05, 3.63) is 54.1 Å². The Balaban J connectivity index is 1.96. The number of ether oxygens (including phenoxy) is 1. The second-order valence-electron chi connectivity index (χ2n) is 3.44. The Morgan fingerprint density at radius 2 is 2.12 bits per heavy atom. The zero-order valence-electron chi connectivity index (χ0n) is 8.77. The Labute approximate surface area is 99.4 Å². The number of nitrogens with one attached hydrogen (secondary N) is 1. The summed E-state index contributed by atoms with van der Waals surface area (Å²) < 4.78 is 5.72. The van der Waals surface area contributed by atoms with Gasteiger partial charge in [-0.1, -0.05) is 30.3 Å². The molecule has 4 heteroatoms. The first kappa shape index (κ1) is 11.2. The molecule has 84 valence electrons. The van der Waals surface area contributed by atoms with E-state index in [1.54, 1.807) is 12.5 Å². The second-order valence-corrected chi connectivity index (χ2v) is 3.75. The highest BCUT2D eigenvalue weighted by Crippen LogP contribution is 2.19. The van der Waals surface area contributed by atoms with Crippen molar-refractivity contribution < 1.29 is 4.74 Å². The first-order valence-electron chi connectivity index (χ1n) is 5.10. The predicted octanol–water partition coefficient (Wildman–Crippen LogP) is 2.91. The second kappa shape index (κ2) is 5.68. The fourth-order valence-electron chi connectivity index (χ4n) is 1.45. The van der Waals surface area contributed by atoms with E-state index >= 15 is 0 Å². The van der Waals surface area contributed by atoms with E-state index in [1.165, 1.54) is 0 Å². The molecule has 1 heterocycles. The highest BCUT2D eigenvalue weighted by atomic mass is 35.5. The molecule has 1 aromatic heterocycles. The summed E-state index contributed by atoms with van der Waals surface area (Å²) in [5, 5.41) is 0. The summed E-state index contributed by atoms with van der Waals surface area (Å²) in [7, 11) is 0. The Hall–Kier alpha value is -1.32. The molecule has 0 aliphatic heterocycles. The van der Waals surface area contributed by atoms with Crippen molar-refractivity contribution >= 4 is 11.6 Å². The zero-order valence-corrected chi connectivity index (χ0v) is 9.52. The van der Waals surface area contributed by atoms with Crippen molar-refractivity contribution in [2.24, 2.45) is 0 Å². The number of rotatable bonds is 5. The monoisotopic (exact) mass is 236 g/mol. The molecule has 0 aliphatic carbocycles. The third-order valence-corrected chi connectivity index (χ3v) is 2.59. The van der Waals surface area contributed by atoms with Gasteiger partial charge in [-0.3, -0.25) is 0 Å². The minimum Gasteiger partial charge on any atom is -0.366 e. The van der Waals surface area contributed by atoms with E-state index in [0.717, 1.165) is 11.3 Å². The largest absolute Gasteiger partial charge is 0.366 e. The van der Waals surface area contributed by atoms with E-state index in [-0.39, 0.29) is 6.10 Å². The molecule has 0 radical (unpaired) electrons. The predicted molar refractivity (Wildman–Crippen MR) is 63.3 cm³/mol. The fourth-order valence-corrected chi connectivity index (χ4v) is 1.72. The molecular formula is C12H13ClN2O. The topological polar surface area (TPSA) is 37.9 Å². The highest BCUT2D eigenvalue weighted by molar-refractivity contribution is 6.18. The number of aromatic amines is 1. The maximum absolute atomic E-state index is 5.89. The quantitative estimate of drug-likeness (QED) is 0.811. The maximum atomic E-state index is 5.89. The van der Waals surface area contributed by atoms with Crippen molar-refractivity contribution in [1.82, 2.24) is 9.97 Å². The molecule has 1 N–H and O–H groups in total. The third kappa shape index (κ3) is 2.84. The van der Waals surface area contributed by atoms with Crippen LogP contribution in [0.2, 0.25) is 0 Å². The van der Waals surface area contributed by atoms with Gasteiger partial charge in [-0.15, -0.1) is 11.6 Å². The Kier molecular flexibility index (Phi) is 3.97. The van der Waals surface area contributed by atoms with Crippen LogP contribution in [-0.2, 0) is 11.3 Å². The van der Waals surface area contributed by atoms with Gasteiger partial charge in [-0.2, -0.15) is 0 Å². The number of alkyl halides is 1. The summed E-state index contributed by atoms with van der Waals surface area (Å²) in [5.41, 5.74) is 2.04. The van der Waals surface area contributed by atoms with E-state index in [2.05, 4.69) is 9.97 Å². The van der Waals surface area contributed by atoms with Crippen LogP contribution in [0, 0.1) is 0 Å². The molecule has 1 aromatic carbocycles. The molecule has 1 unspecified atom stereocenters. The van der Waals surface area contributed by atoms with Gasteiger partial charge in [-0.25, -0.2) is 4.98 Å². The van der Waals surface area contributed by atoms with Crippen LogP contribution in [0.5, 0.6) is 0 Å². The molecule has 0 spiro atoms. The minimum absolute atomic E-state index is 0.0776. The highest BCUT2D eigenvalue weighted by Gasteiger charge is 2.10. The SMILES string of the molecule is ClCC(OCc1cnc[nH]1)c1ccccc1. The molecule has 3 nitrogen and oxygen atoms in total. The number of nitrogens with zero attached hydrogens (tertiary/aromatic N) is 1. The molecule has 0 saturated carbocycles. The molecule has 2 rings (SSSR count). The summed E-state index contributed by atoms with van der Waals surface area (Å²) in [4.78, 5) is 6.92. The Morgan fingerprint density at radius 1 is 1.31 bits per heavy atom. The molecule has 16 heavy (non-hydrogen) atoms. The fraction of sp³-hybridized carbons (Fsp3) is 0.250. The van der Waals surface area contributed by atoms with Gasteiger partial charge in [0.15, 0.2) is 0 Å². The normalized spacial score (nSPS) is 12.6. The van der Waals surface area contributed by atoms with Crippen molar-refractivity contribution in [1.29, 1.82) is 0 Å².